The minimum absolute atomic E-state index is 0.152. The number of rotatable bonds is 4. The van der Waals surface area contributed by atoms with Crippen LogP contribution in [0.5, 0.6) is 0 Å². The van der Waals surface area contributed by atoms with Crippen molar-refractivity contribution in [2.45, 2.75) is 6.92 Å². The van der Waals surface area contributed by atoms with Gasteiger partial charge >= 0.3 is 6.09 Å². The second-order valence-corrected chi connectivity index (χ2v) is 6.64. The molecule has 0 saturated carbocycles. The lowest BCUT2D eigenvalue weighted by Gasteiger charge is -2.33. The maximum Gasteiger partial charge on any atom is 0.409 e. The first-order chi connectivity index (χ1) is 14.1. The number of piperazine rings is 1. The SMILES string of the molecule is CCOC(=O)N1CCN(CC(=O)Nn2cnn3c(=O)c4ccccc4nc23)CC1. The number of benzene rings is 1. The number of aromatic nitrogens is 4. The number of fused-ring (bicyclic) bond motifs is 2. The van der Waals surface area contributed by atoms with Gasteiger partial charge in [-0.3, -0.25) is 19.9 Å². The number of para-hydroxylation sites is 1. The maximum atomic E-state index is 12.5. The fraction of sp³-hybridized carbons (Fsp3) is 0.389. The molecule has 0 aliphatic carbocycles. The summed E-state index contributed by atoms with van der Waals surface area (Å²) in [5.41, 5.74) is 2.94. The molecule has 29 heavy (non-hydrogen) atoms. The van der Waals surface area contributed by atoms with Crippen molar-refractivity contribution in [1.82, 2.24) is 29.1 Å². The lowest BCUT2D eigenvalue weighted by molar-refractivity contribution is -0.118. The normalized spacial score (nSPS) is 15.0. The standard InChI is InChI=1S/C18H21N7O4/c1-2-29-18(28)23-9-7-22(8-10-23)11-15(26)21-24-12-19-25-16(27)13-5-3-4-6-14(13)20-17(24)25/h3-6,12H,2,7-11H2,1H3,(H,21,26). The summed E-state index contributed by atoms with van der Waals surface area (Å²) in [7, 11) is 0. The molecule has 11 nitrogen and oxygen atoms in total. The summed E-state index contributed by atoms with van der Waals surface area (Å²) in [6.07, 6.45) is 1.02. The molecule has 1 aliphatic rings. The maximum absolute atomic E-state index is 12.5. The number of carbonyl (C=O) groups is 2. The van der Waals surface area contributed by atoms with Crippen molar-refractivity contribution in [2.24, 2.45) is 0 Å². The molecule has 0 atom stereocenters. The molecule has 3 heterocycles. The van der Waals surface area contributed by atoms with E-state index in [1.54, 1.807) is 36.1 Å². The van der Waals surface area contributed by atoms with E-state index < -0.39 is 0 Å². The molecular formula is C18H21N7O4. The second-order valence-electron chi connectivity index (χ2n) is 6.64. The van der Waals surface area contributed by atoms with Crippen molar-refractivity contribution in [1.29, 1.82) is 0 Å². The highest BCUT2D eigenvalue weighted by Crippen LogP contribution is 2.08. The Balaban J connectivity index is 1.42. The molecule has 3 aromatic rings. The van der Waals surface area contributed by atoms with Gasteiger partial charge in [-0.05, 0) is 19.1 Å². The van der Waals surface area contributed by atoms with Crippen LogP contribution < -0.4 is 11.0 Å². The zero-order chi connectivity index (χ0) is 20.4. The van der Waals surface area contributed by atoms with Crippen molar-refractivity contribution >= 4 is 28.7 Å². The van der Waals surface area contributed by atoms with Gasteiger partial charge in [0.05, 0.1) is 24.1 Å². The van der Waals surface area contributed by atoms with Crippen LogP contribution in [0.2, 0.25) is 0 Å². The molecule has 0 radical (unpaired) electrons. The molecule has 1 fully saturated rings. The molecule has 2 aromatic heterocycles. The Morgan fingerprint density at radius 2 is 1.93 bits per heavy atom. The molecule has 0 unspecified atom stereocenters. The van der Waals surface area contributed by atoms with Crippen LogP contribution in [0.1, 0.15) is 6.92 Å². The Bertz CT molecular complexity index is 1110. The quantitative estimate of drug-likeness (QED) is 0.651. The summed E-state index contributed by atoms with van der Waals surface area (Å²) in [4.78, 5) is 44.7. The molecule has 11 heteroatoms. The molecule has 4 rings (SSSR count). The third-order valence-electron chi connectivity index (χ3n) is 4.75. The summed E-state index contributed by atoms with van der Waals surface area (Å²) in [5.74, 6) is -0.0360. The minimum atomic E-state index is -0.328. The largest absolute Gasteiger partial charge is 0.450 e. The van der Waals surface area contributed by atoms with E-state index in [0.29, 0.717) is 43.7 Å². The first kappa shape index (κ1) is 18.9. The van der Waals surface area contributed by atoms with Crippen molar-refractivity contribution in [2.75, 3.05) is 44.8 Å². The molecule has 152 valence electrons. The fourth-order valence-electron chi connectivity index (χ4n) is 3.28. The van der Waals surface area contributed by atoms with E-state index in [9.17, 15) is 14.4 Å². The lowest BCUT2D eigenvalue weighted by atomic mass is 10.2. The lowest BCUT2D eigenvalue weighted by Crippen LogP contribution is -2.51. The van der Waals surface area contributed by atoms with Crippen LogP contribution >= 0.6 is 0 Å². The van der Waals surface area contributed by atoms with Gasteiger partial charge in [0.1, 0.15) is 6.33 Å². The van der Waals surface area contributed by atoms with Gasteiger partial charge in [-0.15, -0.1) is 0 Å². The van der Waals surface area contributed by atoms with Crippen LogP contribution in [0, 0.1) is 0 Å². The molecular weight excluding hydrogens is 378 g/mol. The van der Waals surface area contributed by atoms with Crippen LogP contribution in [-0.4, -0.2) is 80.4 Å². The number of hydrogen-bond acceptors (Lipinski definition) is 7. The summed E-state index contributed by atoms with van der Waals surface area (Å²) in [5, 5.41) is 4.49. The van der Waals surface area contributed by atoms with E-state index in [4.69, 9.17) is 4.74 Å². The second kappa shape index (κ2) is 7.87. The Hall–Kier alpha value is -3.47. The smallest absolute Gasteiger partial charge is 0.409 e. The van der Waals surface area contributed by atoms with E-state index in [1.807, 2.05) is 4.90 Å². The predicted octanol–water partition coefficient (Wildman–Crippen LogP) is -0.112. The number of carbonyl (C=O) groups excluding carboxylic acids is 2. The first-order valence-corrected chi connectivity index (χ1v) is 9.36. The summed E-state index contributed by atoms with van der Waals surface area (Å²) in [6, 6.07) is 6.97. The van der Waals surface area contributed by atoms with Gasteiger partial charge in [-0.25, -0.2) is 14.5 Å². The van der Waals surface area contributed by atoms with Gasteiger partial charge in [-0.2, -0.15) is 9.61 Å². The van der Waals surface area contributed by atoms with E-state index in [-0.39, 0.29) is 29.9 Å². The third-order valence-corrected chi connectivity index (χ3v) is 4.75. The van der Waals surface area contributed by atoms with Crippen LogP contribution in [0.3, 0.4) is 0 Å². The summed E-state index contributed by atoms with van der Waals surface area (Å²) in [6.45, 7) is 4.40. The van der Waals surface area contributed by atoms with E-state index in [0.717, 1.165) is 4.52 Å². The highest BCUT2D eigenvalue weighted by molar-refractivity contribution is 5.86. The van der Waals surface area contributed by atoms with Gasteiger partial charge in [0.15, 0.2) is 0 Å². The van der Waals surface area contributed by atoms with Gasteiger partial charge in [0.2, 0.25) is 0 Å². The molecule has 0 spiro atoms. The third kappa shape index (κ3) is 3.76. The molecule has 1 saturated heterocycles. The van der Waals surface area contributed by atoms with Gasteiger partial charge < -0.3 is 9.64 Å². The van der Waals surface area contributed by atoms with E-state index in [2.05, 4.69) is 15.5 Å². The molecule has 1 aromatic carbocycles. The Morgan fingerprint density at radius 1 is 1.17 bits per heavy atom. The number of nitrogens with zero attached hydrogens (tertiary/aromatic N) is 6. The van der Waals surface area contributed by atoms with Crippen molar-refractivity contribution in [3.05, 3.63) is 40.9 Å². The Morgan fingerprint density at radius 3 is 2.69 bits per heavy atom. The average molecular weight is 399 g/mol. The highest BCUT2D eigenvalue weighted by atomic mass is 16.6. The first-order valence-electron chi connectivity index (χ1n) is 9.36. The molecule has 1 N–H and O–H groups in total. The van der Waals surface area contributed by atoms with Crippen molar-refractivity contribution < 1.29 is 14.3 Å². The predicted molar refractivity (Wildman–Crippen MR) is 104 cm³/mol. The van der Waals surface area contributed by atoms with E-state index in [1.165, 1.54) is 11.0 Å². The van der Waals surface area contributed by atoms with Crippen LogP contribution in [0.25, 0.3) is 16.7 Å². The van der Waals surface area contributed by atoms with Gasteiger partial charge in [0.25, 0.3) is 17.2 Å². The fourth-order valence-corrected chi connectivity index (χ4v) is 3.28. The minimum Gasteiger partial charge on any atom is -0.450 e. The zero-order valence-electron chi connectivity index (χ0n) is 15.9. The van der Waals surface area contributed by atoms with Crippen LogP contribution in [0.15, 0.2) is 35.4 Å². The number of hydrogen-bond donors (Lipinski definition) is 1. The van der Waals surface area contributed by atoms with Gasteiger partial charge in [-0.1, -0.05) is 12.1 Å². The molecule has 1 aliphatic heterocycles. The Kier molecular flexibility index (Phi) is 5.12. The monoisotopic (exact) mass is 399 g/mol. The number of nitrogens with one attached hydrogen (secondary N) is 1. The zero-order valence-corrected chi connectivity index (χ0v) is 15.9. The Labute approximate surface area is 165 Å². The van der Waals surface area contributed by atoms with Crippen molar-refractivity contribution in [3.8, 4) is 0 Å². The van der Waals surface area contributed by atoms with Gasteiger partial charge in [0, 0.05) is 26.2 Å². The average Bonchev–Trinajstić information content (AvgIpc) is 3.11. The summed E-state index contributed by atoms with van der Waals surface area (Å²) >= 11 is 0. The molecule has 0 bridgehead atoms. The summed E-state index contributed by atoms with van der Waals surface area (Å²) < 4.78 is 7.48. The topological polar surface area (TPSA) is 114 Å². The van der Waals surface area contributed by atoms with Crippen molar-refractivity contribution in [3.63, 3.8) is 0 Å². The van der Waals surface area contributed by atoms with Crippen LogP contribution in [0.4, 0.5) is 4.79 Å². The number of amides is 2. The van der Waals surface area contributed by atoms with E-state index >= 15 is 0 Å². The molecule has 2 amide bonds. The number of ether oxygens (including phenoxy) is 1. The highest BCUT2D eigenvalue weighted by Gasteiger charge is 2.23. The van der Waals surface area contributed by atoms with Crippen LogP contribution in [-0.2, 0) is 9.53 Å².